The van der Waals surface area contributed by atoms with Gasteiger partial charge in [-0.15, -0.1) is 0 Å². The van der Waals surface area contributed by atoms with E-state index < -0.39 is 5.41 Å². The Hall–Kier alpha value is -2.14. The van der Waals surface area contributed by atoms with Gasteiger partial charge in [-0.25, -0.2) is 0 Å². The zero-order valence-electron chi connectivity index (χ0n) is 13.8. The molecule has 1 aromatic carbocycles. The molecule has 5 heteroatoms. The van der Waals surface area contributed by atoms with Crippen molar-refractivity contribution in [1.29, 1.82) is 0 Å². The molecule has 5 nitrogen and oxygen atoms in total. The van der Waals surface area contributed by atoms with E-state index in [1.165, 1.54) is 5.56 Å². The van der Waals surface area contributed by atoms with Gasteiger partial charge in [-0.3, -0.25) is 9.89 Å². The molecule has 0 unspecified atom stereocenters. The summed E-state index contributed by atoms with van der Waals surface area (Å²) in [6.07, 6.45) is 6.42. The van der Waals surface area contributed by atoms with Crippen molar-refractivity contribution in [2.24, 2.45) is 0 Å². The number of aromatic nitrogens is 2. The molecule has 0 bridgehead atoms. The van der Waals surface area contributed by atoms with Crippen molar-refractivity contribution in [1.82, 2.24) is 15.5 Å². The Kier molecular flexibility index (Phi) is 4.10. The molecule has 4 rings (SSSR count). The van der Waals surface area contributed by atoms with Crippen LogP contribution in [-0.4, -0.2) is 29.3 Å². The SMILES string of the molecule is O=C(N[C@H]1CCCc2cn[nH]c21)C1(c2ccccc2)CCOCC1. The highest BCUT2D eigenvalue weighted by Crippen LogP contribution is 2.37. The number of nitrogens with one attached hydrogen (secondary N) is 2. The fourth-order valence-electron chi connectivity index (χ4n) is 4.03. The molecule has 2 N–H and O–H groups in total. The number of amides is 1. The van der Waals surface area contributed by atoms with Gasteiger partial charge in [0.2, 0.25) is 5.91 Å². The van der Waals surface area contributed by atoms with Crippen molar-refractivity contribution in [3.63, 3.8) is 0 Å². The number of aromatic amines is 1. The fraction of sp³-hybridized carbons (Fsp3) is 0.474. The highest BCUT2D eigenvalue weighted by molar-refractivity contribution is 5.88. The van der Waals surface area contributed by atoms with Gasteiger partial charge >= 0.3 is 0 Å². The Labute approximate surface area is 141 Å². The number of hydrogen-bond donors (Lipinski definition) is 2. The van der Waals surface area contributed by atoms with Crippen LogP contribution in [0.5, 0.6) is 0 Å². The van der Waals surface area contributed by atoms with Crippen molar-refractivity contribution < 1.29 is 9.53 Å². The van der Waals surface area contributed by atoms with Crippen LogP contribution in [0, 0.1) is 0 Å². The predicted octanol–water partition coefficient (Wildman–Crippen LogP) is 2.65. The summed E-state index contributed by atoms with van der Waals surface area (Å²) in [5.74, 6) is 0.115. The number of rotatable bonds is 3. The molecule has 1 atom stereocenters. The summed E-state index contributed by atoms with van der Waals surface area (Å²) in [7, 11) is 0. The molecule has 0 saturated carbocycles. The lowest BCUT2D eigenvalue weighted by Crippen LogP contribution is -2.49. The average Bonchev–Trinajstić information content (AvgIpc) is 3.13. The molecular formula is C19H23N3O2. The second-order valence-electron chi connectivity index (χ2n) is 6.79. The Bertz CT molecular complexity index is 704. The standard InChI is InChI=1S/C19H23N3O2/c23-18(21-16-8-4-5-14-13-20-22-17(14)16)19(9-11-24-12-10-19)15-6-2-1-3-7-15/h1-3,6-7,13,16H,4-5,8-12H2,(H,20,22)(H,21,23)/t16-/m0/s1. The van der Waals surface area contributed by atoms with E-state index in [2.05, 4.69) is 27.6 Å². The number of carbonyl (C=O) groups is 1. The summed E-state index contributed by atoms with van der Waals surface area (Å²) in [6.45, 7) is 1.25. The average molecular weight is 325 g/mol. The van der Waals surface area contributed by atoms with Crippen LogP contribution in [0.3, 0.4) is 0 Å². The van der Waals surface area contributed by atoms with Crippen molar-refractivity contribution in [2.45, 2.75) is 43.6 Å². The number of H-pyrrole nitrogens is 1. The van der Waals surface area contributed by atoms with Crippen molar-refractivity contribution in [2.75, 3.05) is 13.2 Å². The van der Waals surface area contributed by atoms with E-state index in [4.69, 9.17) is 4.74 Å². The molecule has 0 radical (unpaired) electrons. The first-order chi connectivity index (χ1) is 11.8. The molecule has 2 heterocycles. The normalized spacial score (nSPS) is 22.6. The highest BCUT2D eigenvalue weighted by Gasteiger charge is 2.42. The number of fused-ring (bicyclic) bond motifs is 1. The molecule has 1 fully saturated rings. The lowest BCUT2D eigenvalue weighted by Gasteiger charge is -2.38. The van der Waals surface area contributed by atoms with Crippen molar-refractivity contribution >= 4 is 5.91 Å². The predicted molar refractivity (Wildman–Crippen MR) is 90.6 cm³/mol. The van der Waals surface area contributed by atoms with Gasteiger partial charge in [0, 0.05) is 13.2 Å². The van der Waals surface area contributed by atoms with Gasteiger partial charge in [-0.05, 0) is 43.2 Å². The molecule has 2 aromatic rings. The van der Waals surface area contributed by atoms with E-state index in [1.54, 1.807) is 0 Å². The van der Waals surface area contributed by atoms with Crippen molar-refractivity contribution in [3.05, 3.63) is 53.3 Å². The van der Waals surface area contributed by atoms with Crippen molar-refractivity contribution in [3.8, 4) is 0 Å². The van der Waals surface area contributed by atoms with Crippen LogP contribution in [0.4, 0.5) is 0 Å². The molecule has 126 valence electrons. The van der Waals surface area contributed by atoms with E-state index in [1.807, 2.05) is 24.4 Å². The first-order valence-corrected chi connectivity index (χ1v) is 8.76. The number of benzene rings is 1. The van der Waals surface area contributed by atoms with Gasteiger partial charge in [0.1, 0.15) is 0 Å². The monoisotopic (exact) mass is 325 g/mol. The smallest absolute Gasteiger partial charge is 0.231 e. The third-order valence-electron chi connectivity index (χ3n) is 5.45. The minimum Gasteiger partial charge on any atom is -0.381 e. The summed E-state index contributed by atoms with van der Waals surface area (Å²) < 4.78 is 5.53. The molecular weight excluding hydrogens is 302 g/mol. The zero-order valence-corrected chi connectivity index (χ0v) is 13.8. The number of aryl methyl sites for hydroxylation is 1. The Morgan fingerprint density at radius 2 is 2.04 bits per heavy atom. The Morgan fingerprint density at radius 3 is 2.83 bits per heavy atom. The number of hydrogen-bond acceptors (Lipinski definition) is 3. The van der Waals surface area contributed by atoms with Crippen LogP contribution in [0.2, 0.25) is 0 Å². The summed E-state index contributed by atoms with van der Waals surface area (Å²) in [5.41, 5.74) is 2.90. The lowest BCUT2D eigenvalue weighted by atomic mass is 9.73. The minimum absolute atomic E-state index is 0.0344. The highest BCUT2D eigenvalue weighted by atomic mass is 16.5. The second kappa shape index (κ2) is 6.40. The summed E-state index contributed by atoms with van der Waals surface area (Å²) in [6, 6.07) is 10.2. The van der Waals surface area contributed by atoms with Gasteiger partial charge in [-0.1, -0.05) is 30.3 Å². The van der Waals surface area contributed by atoms with Crippen LogP contribution in [0.1, 0.15) is 48.5 Å². The van der Waals surface area contributed by atoms with E-state index in [9.17, 15) is 4.79 Å². The molecule has 24 heavy (non-hydrogen) atoms. The molecule has 1 amide bonds. The zero-order chi connectivity index (χ0) is 16.4. The van der Waals surface area contributed by atoms with Gasteiger partial charge in [-0.2, -0.15) is 5.10 Å². The molecule has 1 aromatic heterocycles. The quantitative estimate of drug-likeness (QED) is 0.912. The van der Waals surface area contributed by atoms with Crippen LogP contribution < -0.4 is 5.32 Å². The summed E-state index contributed by atoms with van der Waals surface area (Å²) in [5, 5.41) is 10.5. The lowest BCUT2D eigenvalue weighted by molar-refractivity contribution is -0.131. The maximum Gasteiger partial charge on any atom is 0.231 e. The molecule has 1 aliphatic carbocycles. The Balaban J connectivity index is 1.62. The van der Waals surface area contributed by atoms with Gasteiger partial charge < -0.3 is 10.1 Å². The van der Waals surface area contributed by atoms with Crippen LogP contribution in [-0.2, 0) is 21.4 Å². The molecule has 2 aliphatic rings. The summed E-state index contributed by atoms with van der Waals surface area (Å²) in [4.78, 5) is 13.3. The van der Waals surface area contributed by atoms with Gasteiger partial charge in [0.05, 0.1) is 23.3 Å². The van der Waals surface area contributed by atoms with Crippen LogP contribution >= 0.6 is 0 Å². The third-order valence-corrected chi connectivity index (χ3v) is 5.45. The molecule has 0 spiro atoms. The number of nitrogens with zero attached hydrogens (tertiary/aromatic N) is 1. The molecule has 1 aliphatic heterocycles. The van der Waals surface area contributed by atoms with Crippen LogP contribution in [0.15, 0.2) is 36.5 Å². The van der Waals surface area contributed by atoms with Crippen LogP contribution in [0.25, 0.3) is 0 Å². The van der Waals surface area contributed by atoms with E-state index >= 15 is 0 Å². The fourth-order valence-corrected chi connectivity index (χ4v) is 4.03. The summed E-state index contributed by atoms with van der Waals surface area (Å²) >= 11 is 0. The van der Waals surface area contributed by atoms with E-state index in [0.717, 1.165) is 43.4 Å². The van der Waals surface area contributed by atoms with E-state index in [-0.39, 0.29) is 11.9 Å². The van der Waals surface area contributed by atoms with E-state index in [0.29, 0.717) is 13.2 Å². The largest absolute Gasteiger partial charge is 0.381 e. The van der Waals surface area contributed by atoms with Gasteiger partial charge in [0.25, 0.3) is 0 Å². The first kappa shape index (κ1) is 15.4. The number of ether oxygens (including phenoxy) is 1. The maximum absolute atomic E-state index is 13.3. The minimum atomic E-state index is -0.489. The van der Waals surface area contributed by atoms with Gasteiger partial charge in [0.15, 0.2) is 0 Å². The third kappa shape index (κ3) is 2.63. The second-order valence-corrected chi connectivity index (χ2v) is 6.79. The topological polar surface area (TPSA) is 67.0 Å². The molecule has 1 saturated heterocycles. The maximum atomic E-state index is 13.3. The first-order valence-electron chi connectivity index (χ1n) is 8.76. The number of carbonyl (C=O) groups excluding carboxylic acids is 1. The Morgan fingerprint density at radius 1 is 1.25 bits per heavy atom.